The number of aromatic nitrogens is 2. The van der Waals surface area contributed by atoms with Crippen LogP contribution in [-0.4, -0.2) is 27.6 Å². The Balaban J connectivity index is 1.89. The zero-order valence-corrected chi connectivity index (χ0v) is 14.8. The molecule has 0 bridgehead atoms. The number of halogens is 2. The standard InChI is InChI=1S/C18H17ClFN3O2/c1-11-4-9-15(25-11)10-22(3)18(24)16-12(2)21-23(17(16)19)14-7-5-13(20)6-8-14/h4-9H,10H2,1-3H3. The first-order valence-electron chi connectivity index (χ1n) is 7.68. The molecule has 130 valence electrons. The van der Waals surface area contributed by atoms with Crippen LogP contribution in [0, 0.1) is 19.7 Å². The monoisotopic (exact) mass is 361 g/mol. The Hall–Kier alpha value is -2.60. The van der Waals surface area contributed by atoms with Crippen LogP contribution in [0.15, 0.2) is 40.8 Å². The van der Waals surface area contributed by atoms with Crippen LogP contribution in [0.5, 0.6) is 0 Å². The van der Waals surface area contributed by atoms with Crippen LogP contribution in [0.1, 0.15) is 27.6 Å². The van der Waals surface area contributed by atoms with E-state index in [2.05, 4.69) is 5.10 Å². The topological polar surface area (TPSA) is 51.3 Å². The number of benzene rings is 1. The van der Waals surface area contributed by atoms with Gasteiger partial charge in [-0.2, -0.15) is 5.10 Å². The normalized spacial score (nSPS) is 10.9. The molecule has 0 radical (unpaired) electrons. The van der Waals surface area contributed by atoms with Crippen LogP contribution in [0.2, 0.25) is 5.15 Å². The lowest BCUT2D eigenvalue weighted by Gasteiger charge is -2.15. The molecule has 1 amide bonds. The number of aryl methyl sites for hydroxylation is 2. The van der Waals surface area contributed by atoms with Crippen molar-refractivity contribution in [3.63, 3.8) is 0 Å². The van der Waals surface area contributed by atoms with E-state index < -0.39 is 0 Å². The van der Waals surface area contributed by atoms with Crippen LogP contribution in [0.25, 0.3) is 5.69 Å². The SMILES string of the molecule is Cc1ccc(CN(C)C(=O)c2c(C)nn(-c3ccc(F)cc3)c2Cl)o1. The first-order chi connectivity index (χ1) is 11.9. The van der Waals surface area contributed by atoms with Crippen molar-refractivity contribution in [3.8, 4) is 5.69 Å². The number of carbonyl (C=O) groups excluding carboxylic acids is 1. The van der Waals surface area contributed by atoms with Crippen LogP contribution in [0.3, 0.4) is 0 Å². The molecular weight excluding hydrogens is 345 g/mol. The van der Waals surface area contributed by atoms with E-state index in [0.29, 0.717) is 29.2 Å². The van der Waals surface area contributed by atoms with Crippen molar-refractivity contribution in [1.29, 1.82) is 0 Å². The Kier molecular flexibility index (Phi) is 4.63. The van der Waals surface area contributed by atoms with E-state index in [1.54, 1.807) is 26.1 Å². The average Bonchev–Trinajstić information content (AvgIpc) is 3.10. The molecule has 3 aromatic rings. The third kappa shape index (κ3) is 3.44. The highest BCUT2D eigenvalue weighted by molar-refractivity contribution is 6.33. The first-order valence-corrected chi connectivity index (χ1v) is 8.06. The molecule has 0 aliphatic carbocycles. The minimum Gasteiger partial charge on any atom is -0.464 e. The van der Waals surface area contributed by atoms with Crippen LogP contribution >= 0.6 is 11.6 Å². The van der Waals surface area contributed by atoms with Crippen molar-refractivity contribution >= 4 is 17.5 Å². The zero-order valence-electron chi connectivity index (χ0n) is 14.1. The van der Waals surface area contributed by atoms with Crippen molar-refractivity contribution < 1.29 is 13.6 Å². The Labute approximate surface area is 149 Å². The smallest absolute Gasteiger partial charge is 0.259 e. The summed E-state index contributed by atoms with van der Waals surface area (Å²) >= 11 is 6.39. The number of rotatable bonds is 4. The van der Waals surface area contributed by atoms with E-state index in [-0.39, 0.29) is 16.9 Å². The summed E-state index contributed by atoms with van der Waals surface area (Å²) in [5.41, 5.74) is 1.40. The summed E-state index contributed by atoms with van der Waals surface area (Å²) in [7, 11) is 1.67. The number of hydrogen-bond donors (Lipinski definition) is 0. The predicted molar refractivity (Wildman–Crippen MR) is 92.5 cm³/mol. The second kappa shape index (κ2) is 6.72. The summed E-state index contributed by atoms with van der Waals surface area (Å²) in [6.45, 7) is 3.88. The van der Waals surface area contributed by atoms with Crippen LogP contribution < -0.4 is 0 Å². The first kappa shape index (κ1) is 17.2. The Morgan fingerprint density at radius 2 is 1.92 bits per heavy atom. The molecule has 2 aromatic heterocycles. The lowest BCUT2D eigenvalue weighted by molar-refractivity contribution is 0.0774. The van der Waals surface area contributed by atoms with Gasteiger partial charge in [-0.15, -0.1) is 0 Å². The molecule has 1 aromatic carbocycles. The molecule has 3 rings (SSSR count). The van der Waals surface area contributed by atoms with E-state index in [1.807, 2.05) is 19.1 Å². The lowest BCUT2D eigenvalue weighted by Crippen LogP contribution is -2.26. The van der Waals surface area contributed by atoms with Gasteiger partial charge in [0.15, 0.2) is 0 Å². The van der Waals surface area contributed by atoms with E-state index in [0.717, 1.165) is 5.76 Å². The summed E-state index contributed by atoms with van der Waals surface area (Å²) < 4.78 is 20.0. The largest absolute Gasteiger partial charge is 0.464 e. The predicted octanol–water partition coefficient (Wildman–Crippen LogP) is 4.15. The summed E-state index contributed by atoms with van der Waals surface area (Å²) in [6.07, 6.45) is 0. The lowest BCUT2D eigenvalue weighted by atomic mass is 10.2. The summed E-state index contributed by atoms with van der Waals surface area (Å²) in [5, 5.41) is 4.51. The summed E-state index contributed by atoms with van der Waals surface area (Å²) in [5.74, 6) is 0.862. The number of amides is 1. The maximum Gasteiger partial charge on any atom is 0.259 e. The summed E-state index contributed by atoms with van der Waals surface area (Å²) in [4.78, 5) is 14.3. The molecule has 0 saturated heterocycles. The van der Waals surface area contributed by atoms with E-state index in [1.165, 1.54) is 21.7 Å². The number of furan rings is 1. The second-order valence-electron chi connectivity index (χ2n) is 5.81. The second-order valence-corrected chi connectivity index (χ2v) is 6.17. The highest BCUT2D eigenvalue weighted by Gasteiger charge is 2.24. The maximum atomic E-state index is 13.1. The van der Waals surface area contributed by atoms with Crippen molar-refractivity contribution in [2.75, 3.05) is 7.05 Å². The molecule has 25 heavy (non-hydrogen) atoms. The highest BCUT2D eigenvalue weighted by Crippen LogP contribution is 2.25. The molecule has 5 nitrogen and oxygen atoms in total. The van der Waals surface area contributed by atoms with Gasteiger partial charge in [0.1, 0.15) is 22.5 Å². The average molecular weight is 362 g/mol. The molecule has 0 unspecified atom stereocenters. The minimum absolute atomic E-state index is 0.191. The van der Waals surface area contributed by atoms with Gasteiger partial charge in [0.2, 0.25) is 0 Å². The Morgan fingerprint density at radius 1 is 1.24 bits per heavy atom. The van der Waals surface area contributed by atoms with Gasteiger partial charge in [0.05, 0.1) is 23.5 Å². The fraction of sp³-hybridized carbons (Fsp3) is 0.222. The molecule has 0 atom stereocenters. The molecule has 7 heteroatoms. The van der Waals surface area contributed by atoms with Crippen LogP contribution in [-0.2, 0) is 6.54 Å². The van der Waals surface area contributed by atoms with Gasteiger partial charge < -0.3 is 9.32 Å². The van der Waals surface area contributed by atoms with E-state index >= 15 is 0 Å². The molecule has 0 spiro atoms. The van der Waals surface area contributed by atoms with Crippen molar-refractivity contribution in [1.82, 2.24) is 14.7 Å². The molecule has 2 heterocycles. The van der Waals surface area contributed by atoms with Crippen molar-refractivity contribution in [2.45, 2.75) is 20.4 Å². The fourth-order valence-corrected chi connectivity index (χ4v) is 2.91. The number of hydrogen-bond acceptors (Lipinski definition) is 3. The maximum absolute atomic E-state index is 13.1. The van der Waals surface area contributed by atoms with Crippen molar-refractivity contribution in [3.05, 3.63) is 70.1 Å². The third-order valence-electron chi connectivity index (χ3n) is 3.82. The van der Waals surface area contributed by atoms with Gasteiger partial charge in [0.25, 0.3) is 5.91 Å². The van der Waals surface area contributed by atoms with Gasteiger partial charge in [-0.1, -0.05) is 11.6 Å². The molecule has 0 fully saturated rings. The molecular formula is C18H17ClFN3O2. The Bertz CT molecular complexity index is 915. The van der Waals surface area contributed by atoms with Gasteiger partial charge in [-0.25, -0.2) is 9.07 Å². The van der Waals surface area contributed by atoms with Crippen LogP contribution in [0.4, 0.5) is 4.39 Å². The van der Waals surface area contributed by atoms with Gasteiger partial charge in [0, 0.05) is 7.05 Å². The van der Waals surface area contributed by atoms with Gasteiger partial charge in [-0.3, -0.25) is 4.79 Å². The zero-order chi connectivity index (χ0) is 18.1. The molecule has 0 aliphatic heterocycles. The van der Waals surface area contributed by atoms with Gasteiger partial charge >= 0.3 is 0 Å². The Morgan fingerprint density at radius 3 is 2.52 bits per heavy atom. The number of carbonyl (C=O) groups is 1. The molecule has 0 saturated carbocycles. The van der Waals surface area contributed by atoms with Crippen molar-refractivity contribution in [2.24, 2.45) is 0 Å². The fourth-order valence-electron chi connectivity index (χ4n) is 2.56. The molecule has 0 aliphatic rings. The quantitative estimate of drug-likeness (QED) is 0.701. The van der Waals surface area contributed by atoms with E-state index in [4.69, 9.17) is 16.0 Å². The summed E-state index contributed by atoms with van der Waals surface area (Å²) in [6, 6.07) is 9.41. The highest BCUT2D eigenvalue weighted by atomic mass is 35.5. The molecule has 0 N–H and O–H groups in total. The minimum atomic E-state index is -0.353. The van der Waals surface area contributed by atoms with Gasteiger partial charge in [-0.05, 0) is 50.2 Å². The van der Waals surface area contributed by atoms with E-state index in [9.17, 15) is 9.18 Å². The number of nitrogens with zero attached hydrogens (tertiary/aromatic N) is 3. The third-order valence-corrected chi connectivity index (χ3v) is 4.17.